The van der Waals surface area contributed by atoms with Gasteiger partial charge in [0.05, 0.1) is 13.2 Å². The van der Waals surface area contributed by atoms with Gasteiger partial charge < -0.3 is 15.8 Å². The van der Waals surface area contributed by atoms with Crippen LogP contribution in [0.5, 0.6) is 5.75 Å². The van der Waals surface area contributed by atoms with E-state index in [1.165, 1.54) is 11.3 Å². The molecule has 1 aromatic heterocycles. The number of nitrogens with zero attached hydrogens (tertiary/aromatic N) is 1. The first-order valence-electron chi connectivity index (χ1n) is 8.82. The highest BCUT2D eigenvalue weighted by Gasteiger charge is 2.15. The Kier molecular flexibility index (Phi) is 6.57. The summed E-state index contributed by atoms with van der Waals surface area (Å²) < 4.78 is 5.33. The van der Waals surface area contributed by atoms with Gasteiger partial charge in [-0.3, -0.25) is 4.79 Å². The van der Waals surface area contributed by atoms with E-state index in [1.54, 1.807) is 12.5 Å². The number of benzene rings is 2. The second-order valence-electron chi connectivity index (χ2n) is 6.18. The van der Waals surface area contributed by atoms with Gasteiger partial charge in [0.2, 0.25) is 0 Å². The van der Waals surface area contributed by atoms with Crippen molar-refractivity contribution in [2.75, 3.05) is 13.7 Å². The van der Waals surface area contributed by atoms with E-state index < -0.39 is 0 Å². The number of aromatic nitrogens is 1. The number of carbonyl (C=O) groups excluding carboxylic acids is 1. The Labute approximate surface area is 163 Å². The Balaban J connectivity index is 1.53. The van der Waals surface area contributed by atoms with Crippen molar-refractivity contribution in [1.29, 1.82) is 0 Å². The van der Waals surface area contributed by atoms with Crippen LogP contribution in [0.4, 0.5) is 0 Å². The molecule has 3 aromatic rings. The number of nitrogens with one attached hydrogen (secondary N) is 1. The predicted octanol–water partition coefficient (Wildman–Crippen LogP) is 3.37. The van der Waals surface area contributed by atoms with Crippen LogP contribution in [0, 0.1) is 0 Å². The standard InChI is InChI=1S/C21H23N3O2S/c1-26-19-10-6-5-9-16(19)11-12-23-20(25)18-14-27-21(24-18)17(22)13-15-7-3-2-4-8-15/h2-10,14,17H,11-13,22H2,1H3,(H,23,25). The van der Waals surface area contributed by atoms with Crippen LogP contribution in [0.3, 0.4) is 0 Å². The molecular formula is C21H23N3O2S. The minimum absolute atomic E-state index is 0.181. The molecule has 140 valence electrons. The first kappa shape index (κ1) is 19.1. The topological polar surface area (TPSA) is 77.2 Å². The van der Waals surface area contributed by atoms with Crippen LogP contribution >= 0.6 is 11.3 Å². The van der Waals surface area contributed by atoms with Crippen molar-refractivity contribution in [1.82, 2.24) is 10.3 Å². The molecule has 1 unspecified atom stereocenters. The number of rotatable bonds is 8. The zero-order valence-electron chi connectivity index (χ0n) is 15.2. The zero-order valence-corrected chi connectivity index (χ0v) is 16.0. The van der Waals surface area contributed by atoms with Gasteiger partial charge in [0.1, 0.15) is 16.5 Å². The molecule has 0 aliphatic heterocycles. The summed E-state index contributed by atoms with van der Waals surface area (Å²) in [5.74, 6) is 0.647. The van der Waals surface area contributed by atoms with E-state index in [0.717, 1.165) is 21.9 Å². The fourth-order valence-electron chi connectivity index (χ4n) is 2.83. The van der Waals surface area contributed by atoms with Crippen LogP contribution < -0.4 is 15.8 Å². The van der Waals surface area contributed by atoms with E-state index in [-0.39, 0.29) is 11.9 Å². The van der Waals surface area contributed by atoms with Crippen LogP contribution in [0.15, 0.2) is 60.0 Å². The van der Waals surface area contributed by atoms with Crippen molar-refractivity contribution in [3.63, 3.8) is 0 Å². The maximum atomic E-state index is 12.3. The largest absolute Gasteiger partial charge is 0.496 e. The second-order valence-corrected chi connectivity index (χ2v) is 7.07. The zero-order chi connectivity index (χ0) is 19.1. The van der Waals surface area contributed by atoms with Crippen LogP contribution in [0.2, 0.25) is 0 Å². The van der Waals surface area contributed by atoms with Crippen molar-refractivity contribution in [3.05, 3.63) is 81.8 Å². The lowest BCUT2D eigenvalue weighted by Crippen LogP contribution is -2.26. The molecule has 0 bridgehead atoms. The Bertz CT molecular complexity index is 880. The monoisotopic (exact) mass is 381 g/mol. The van der Waals surface area contributed by atoms with E-state index >= 15 is 0 Å². The summed E-state index contributed by atoms with van der Waals surface area (Å²) in [7, 11) is 1.65. The number of hydrogen-bond acceptors (Lipinski definition) is 5. The van der Waals surface area contributed by atoms with E-state index in [4.69, 9.17) is 10.5 Å². The molecule has 1 atom stereocenters. The van der Waals surface area contributed by atoms with Gasteiger partial charge >= 0.3 is 0 Å². The van der Waals surface area contributed by atoms with Crippen molar-refractivity contribution >= 4 is 17.2 Å². The summed E-state index contributed by atoms with van der Waals surface area (Å²) in [5.41, 5.74) is 8.88. The molecule has 0 fully saturated rings. The van der Waals surface area contributed by atoms with E-state index in [2.05, 4.69) is 10.3 Å². The Morgan fingerprint density at radius 3 is 2.70 bits per heavy atom. The van der Waals surface area contributed by atoms with E-state index in [0.29, 0.717) is 25.1 Å². The van der Waals surface area contributed by atoms with Crippen LogP contribution in [0.25, 0.3) is 0 Å². The maximum Gasteiger partial charge on any atom is 0.270 e. The highest BCUT2D eigenvalue weighted by Crippen LogP contribution is 2.20. The van der Waals surface area contributed by atoms with Gasteiger partial charge in [-0.25, -0.2) is 4.98 Å². The van der Waals surface area contributed by atoms with Gasteiger partial charge in [-0.2, -0.15) is 0 Å². The van der Waals surface area contributed by atoms with Gasteiger partial charge in [-0.15, -0.1) is 11.3 Å². The highest BCUT2D eigenvalue weighted by atomic mass is 32.1. The fourth-order valence-corrected chi connectivity index (χ4v) is 3.63. The summed E-state index contributed by atoms with van der Waals surface area (Å²) >= 11 is 1.42. The lowest BCUT2D eigenvalue weighted by atomic mass is 10.1. The molecule has 0 radical (unpaired) electrons. The molecule has 1 heterocycles. The van der Waals surface area contributed by atoms with Gasteiger partial charge in [-0.1, -0.05) is 48.5 Å². The van der Waals surface area contributed by atoms with Gasteiger partial charge in [0.25, 0.3) is 5.91 Å². The molecule has 0 saturated carbocycles. The highest BCUT2D eigenvalue weighted by molar-refractivity contribution is 7.09. The van der Waals surface area contributed by atoms with Crippen molar-refractivity contribution in [2.24, 2.45) is 5.73 Å². The Hall–Kier alpha value is -2.70. The number of ether oxygens (including phenoxy) is 1. The molecular weight excluding hydrogens is 358 g/mol. The minimum atomic E-state index is -0.215. The number of para-hydroxylation sites is 1. The number of carbonyl (C=O) groups is 1. The Morgan fingerprint density at radius 2 is 1.93 bits per heavy atom. The molecule has 6 heteroatoms. The number of thiazole rings is 1. The summed E-state index contributed by atoms with van der Waals surface area (Å²) in [4.78, 5) is 16.8. The van der Waals surface area contributed by atoms with Crippen LogP contribution in [-0.2, 0) is 12.8 Å². The lowest BCUT2D eigenvalue weighted by molar-refractivity contribution is 0.0949. The summed E-state index contributed by atoms with van der Waals surface area (Å²) in [6.07, 6.45) is 1.39. The number of hydrogen-bond donors (Lipinski definition) is 2. The third-order valence-electron chi connectivity index (χ3n) is 4.24. The third kappa shape index (κ3) is 5.15. The van der Waals surface area contributed by atoms with Crippen molar-refractivity contribution in [3.8, 4) is 5.75 Å². The summed E-state index contributed by atoms with van der Waals surface area (Å²) in [5, 5.41) is 5.44. The van der Waals surface area contributed by atoms with E-state index in [9.17, 15) is 4.79 Å². The van der Waals surface area contributed by atoms with E-state index in [1.807, 2.05) is 54.6 Å². The van der Waals surface area contributed by atoms with Crippen molar-refractivity contribution < 1.29 is 9.53 Å². The first-order valence-corrected chi connectivity index (χ1v) is 9.70. The molecule has 3 N–H and O–H groups in total. The molecule has 0 aliphatic carbocycles. The number of nitrogens with two attached hydrogens (primary N) is 1. The van der Waals surface area contributed by atoms with Gasteiger partial charge in [-0.05, 0) is 30.0 Å². The molecule has 0 saturated heterocycles. The molecule has 2 aromatic carbocycles. The van der Waals surface area contributed by atoms with Crippen LogP contribution in [-0.4, -0.2) is 24.5 Å². The molecule has 5 nitrogen and oxygen atoms in total. The molecule has 1 amide bonds. The number of methoxy groups -OCH3 is 1. The molecule has 0 aliphatic rings. The second kappa shape index (κ2) is 9.30. The molecule has 27 heavy (non-hydrogen) atoms. The maximum absolute atomic E-state index is 12.3. The molecule has 0 spiro atoms. The average molecular weight is 382 g/mol. The predicted molar refractivity (Wildman–Crippen MR) is 108 cm³/mol. The smallest absolute Gasteiger partial charge is 0.270 e. The van der Waals surface area contributed by atoms with Gasteiger partial charge in [0.15, 0.2) is 0 Å². The van der Waals surface area contributed by atoms with Gasteiger partial charge in [0, 0.05) is 11.9 Å². The van der Waals surface area contributed by atoms with Crippen molar-refractivity contribution in [2.45, 2.75) is 18.9 Å². The summed E-state index contributed by atoms with van der Waals surface area (Å²) in [6.45, 7) is 0.516. The quantitative estimate of drug-likeness (QED) is 0.627. The van der Waals surface area contributed by atoms with Crippen LogP contribution in [0.1, 0.15) is 32.7 Å². The summed E-state index contributed by atoms with van der Waals surface area (Å²) in [6, 6.07) is 17.6. The Morgan fingerprint density at radius 1 is 1.19 bits per heavy atom. The number of amides is 1. The average Bonchev–Trinajstić information content (AvgIpc) is 3.19. The minimum Gasteiger partial charge on any atom is -0.496 e. The normalized spacial score (nSPS) is 11.8. The fraction of sp³-hybridized carbons (Fsp3) is 0.238. The molecule has 3 rings (SSSR count). The third-order valence-corrected chi connectivity index (χ3v) is 5.22. The lowest BCUT2D eigenvalue weighted by Gasteiger charge is -2.09. The SMILES string of the molecule is COc1ccccc1CCNC(=O)c1csc(C(N)Cc2ccccc2)n1. The first-order chi connectivity index (χ1) is 13.2.